The molecule has 0 aromatic heterocycles. The van der Waals surface area contributed by atoms with Gasteiger partial charge in [-0.1, -0.05) is 6.07 Å². The zero-order valence-corrected chi connectivity index (χ0v) is 11.1. The zero-order chi connectivity index (χ0) is 15.1. The summed E-state index contributed by atoms with van der Waals surface area (Å²) in [7, 11) is 0. The lowest BCUT2D eigenvalue weighted by atomic mass is 9.79. The van der Waals surface area contributed by atoms with Crippen molar-refractivity contribution in [3.63, 3.8) is 0 Å². The molecule has 1 atom stereocenters. The molecule has 0 spiro atoms. The van der Waals surface area contributed by atoms with Gasteiger partial charge < -0.3 is 20.4 Å². The maximum Gasteiger partial charge on any atom is 0.167 e. The number of Topliss-reactive ketones (excluding diaryl/α,β-unsaturated/α-hetero) is 1. The van der Waals surface area contributed by atoms with Crippen molar-refractivity contribution in [2.45, 2.75) is 18.8 Å². The minimum absolute atomic E-state index is 0.0896. The van der Waals surface area contributed by atoms with Crippen molar-refractivity contribution in [2.75, 3.05) is 0 Å². The maximum atomic E-state index is 12.2. The number of benzene rings is 2. The van der Waals surface area contributed by atoms with Gasteiger partial charge in [0.25, 0.3) is 0 Å². The molecule has 5 heteroatoms. The van der Waals surface area contributed by atoms with Crippen LogP contribution >= 0.6 is 0 Å². The molecule has 21 heavy (non-hydrogen) atoms. The van der Waals surface area contributed by atoms with Crippen LogP contribution in [0, 0.1) is 0 Å². The summed E-state index contributed by atoms with van der Waals surface area (Å²) in [6, 6.07) is 7.09. The van der Waals surface area contributed by atoms with Crippen molar-refractivity contribution in [3.05, 3.63) is 47.0 Å². The van der Waals surface area contributed by atoms with E-state index in [9.17, 15) is 25.2 Å². The molecule has 0 unspecified atom stereocenters. The molecule has 0 amide bonds. The Morgan fingerprint density at radius 1 is 0.857 bits per heavy atom. The lowest BCUT2D eigenvalue weighted by Crippen LogP contribution is -2.18. The van der Waals surface area contributed by atoms with Crippen LogP contribution in [-0.4, -0.2) is 26.2 Å². The summed E-state index contributed by atoms with van der Waals surface area (Å²) >= 11 is 0. The third kappa shape index (κ3) is 2.27. The summed E-state index contributed by atoms with van der Waals surface area (Å²) in [6.07, 6.45) is 0.669. The first-order chi connectivity index (χ1) is 9.95. The zero-order valence-electron chi connectivity index (χ0n) is 11.1. The second kappa shape index (κ2) is 4.70. The minimum Gasteiger partial charge on any atom is -0.508 e. The third-order valence-corrected chi connectivity index (χ3v) is 3.83. The van der Waals surface area contributed by atoms with Crippen LogP contribution < -0.4 is 0 Å². The van der Waals surface area contributed by atoms with E-state index < -0.39 is 0 Å². The third-order valence-electron chi connectivity index (χ3n) is 3.83. The number of carbonyl (C=O) groups excluding carboxylic acids is 1. The van der Waals surface area contributed by atoms with Crippen LogP contribution in [0.5, 0.6) is 23.0 Å². The van der Waals surface area contributed by atoms with Gasteiger partial charge in [0.05, 0.1) is 5.56 Å². The molecule has 0 fully saturated rings. The fraction of sp³-hybridized carbons (Fsp3) is 0.188. The van der Waals surface area contributed by atoms with E-state index in [0.29, 0.717) is 12.0 Å². The Balaban J connectivity index is 2.01. The number of fused-ring (bicyclic) bond motifs is 1. The van der Waals surface area contributed by atoms with Gasteiger partial charge in [-0.15, -0.1) is 0 Å². The number of hydrogen-bond donors (Lipinski definition) is 4. The average Bonchev–Trinajstić information content (AvgIpc) is 2.40. The molecule has 0 radical (unpaired) electrons. The van der Waals surface area contributed by atoms with E-state index in [2.05, 4.69) is 0 Å². The van der Waals surface area contributed by atoms with E-state index >= 15 is 0 Å². The quantitative estimate of drug-likeness (QED) is 0.603. The van der Waals surface area contributed by atoms with E-state index in [-0.39, 0.29) is 46.7 Å². The van der Waals surface area contributed by atoms with E-state index in [1.807, 2.05) is 0 Å². The number of ketones is 1. The van der Waals surface area contributed by atoms with Crippen molar-refractivity contribution < 1.29 is 25.2 Å². The molecule has 4 N–H and O–H groups in total. The molecule has 0 aliphatic heterocycles. The standard InChI is InChI=1S/C16H14O5/c17-11-4-10-3-9(6-14(20)16(10)15(21)7-11)8-1-2-12(18)13(19)5-8/h1-2,4-5,7,9,17-19,21H,3,6H2/t9-/m1/s1. The first-order valence-electron chi connectivity index (χ1n) is 6.55. The van der Waals surface area contributed by atoms with Crippen LogP contribution in [-0.2, 0) is 6.42 Å². The average molecular weight is 286 g/mol. The first kappa shape index (κ1) is 13.3. The van der Waals surface area contributed by atoms with E-state index in [0.717, 1.165) is 11.6 Å². The number of phenolic OH excluding ortho intramolecular Hbond substituents is 4. The van der Waals surface area contributed by atoms with Gasteiger partial charge in [-0.25, -0.2) is 0 Å². The van der Waals surface area contributed by atoms with Gasteiger partial charge in [0.2, 0.25) is 0 Å². The highest BCUT2D eigenvalue weighted by atomic mass is 16.3. The topological polar surface area (TPSA) is 98.0 Å². The highest BCUT2D eigenvalue weighted by Gasteiger charge is 2.29. The van der Waals surface area contributed by atoms with Gasteiger partial charge in [0.1, 0.15) is 11.5 Å². The largest absolute Gasteiger partial charge is 0.508 e. The van der Waals surface area contributed by atoms with Crippen molar-refractivity contribution in [1.29, 1.82) is 0 Å². The summed E-state index contributed by atoms with van der Waals surface area (Å²) in [5.74, 6) is -1.11. The normalized spacial score (nSPS) is 17.5. The Hall–Kier alpha value is -2.69. The summed E-state index contributed by atoms with van der Waals surface area (Å²) in [6.45, 7) is 0. The number of hydrogen-bond acceptors (Lipinski definition) is 5. The highest BCUT2D eigenvalue weighted by Crippen LogP contribution is 2.40. The molecular formula is C16H14O5. The molecule has 0 bridgehead atoms. The second-order valence-corrected chi connectivity index (χ2v) is 5.28. The molecule has 108 valence electrons. The lowest BCUT2D eigenvalue weighted by Gasteiger charge is -2.25. The van der Waals surface area contributed by atoms with Gasteiger partial charge in [0, 0.05) is 12.5 Å². The Morgan fingerprint density at radius 2 is 1.62 bits per heavy atom. The van der Waals surface area contributed by atoms with Crippen LogP contribution in [0.3, 0.4) is 0 Å². The Bertz CT molecular complexity index is 736. The number of rotatable bonds is 1. The predicted molar refractivity (Wildman–Crippen MR) is 74.9 cm³/mol. The Morgan fingerprint density at radius 3 is 2.33 bits per heavy atom. The Kier molecular flexibility index (Phi) is 2.97. The van der Waals surface area contributed by atoms with Gasteiger partial charge >= 0.3 is 0 Å². The van der Waals surface area contributed by atoms with Gasteiger partial charge in [-0.05, 0) is 41.7 Å². The molecule has 1 aliphatic carbocycles. The van der Waals surface area contributed by atoms with Crippen LogP contribution in [0.1, 0.15) is 33.8 Å². The van der Waals surface area contributed by atoms with Crippen molar-refractivity contribution in [1.82, 2.24) is 0 Å². The van der Waals surface area contributed by atoms with Crippen molar-refractivity contribution in [2.24, 2.45) is 0 Å². The molecule has 5 nitrogen and oxygen atoms in total. The SMILES string of the molecule is O=C1C[C@H](c2ccc(O)c(O)c2)Cc2cc(O)cc(O)c21. The highest BCUT2D eigenvalue weighted by molar-refractivity contribution is 6.01. The molecule has 2 aromatic rings. The van der Waals surface area contributed by atoms with Crippen LogP contribution in [0.4, 0.5) is 0 Å². The summed E-state index contributed by atoms with van der Waals surface area (Å²) in [4.78, 5) is 12.2. The smallest absolute Gasteiger partial charge is 0.167 e. The van der Waals surface area contributed by atoms with Crippen molar-refractivity contribution in [3.8, 4) is 23.0 Å². The monoisotopic (exact) mass is 286 g/mol. The fourth-order valence-corrected chi connectivity index (χ4v) is 2.85. The van der Waals surface area contributed by atoms with Crippen LogP contribution in [0.15, 0.2) is 30.3 Å². The molecule has 0 heterocycles. The summed E-state index contributed by atoms with van der Waals surface area (Å²) in [5.41, 5.74) is 1.57. The van der Waals surface area contributed by atoms with Crippen molar-refractivity contribution >= 4 is 5.78 Å². The van der Waals surface area contributed by atoms with Crippen LogP contribution in [0.2, 0.25) is 0 Å². The fourth-order valence-electron chi connectivity index (χ4n) is 2.85. The summed E-state index contributed by atoms with van der Waals surface area (Å²) < 4.78 is 0. The number of carbonyl (C=O) groups is 1. The molecule has 0 saturated heterocycles. The molecule has 2 aromatic carbocycles. The lowest BCUT2D eigenvalue weighted by molar-refractivity contribution is 0.0961. The summed E-state index contributed by atoms with van der Waals surface area (Å²) in [5, 5.41) is 38.2. The van der Waals surface area contributed by atoms with E-state index in [1.165, 1.54) is 18.2 Å². The van der Waals surface area contributed by atoms with Crippen LogP contribution in [0.25, 0.3) is 0 Å². The van der Waals surface area contributed by atoms with Gasteiger partial charge in [0.15, 0.2) is 17.3 Å². The maximum absolute atomic E-state index is 12.2. The molecular weight excluding hydrogens is 272 g/mol. The molecule has 0 saturated carbocycles. The van der Waals surface area contributed by atoms with Gasteiger partial charge in [-0.3, -0.25) is 4.79 Å². The number of aromatic hydroxyl groups is 4. The first-order valence-corrected chi connectivity index (χ1v) is 6.55. The molecule has 3 rings (SSSR count). The number of phenols is 4. The predicted octanol–water partition coefficient (Wildman–Crippen LogP) is 2.42. The minimum atomic E-state index is -0.232. The molecule has 1 aliphatic rings. The van der Waals surface area contributed by atoms with E-state index in [1.54, 1.807) is 6.07 Å². The van der Waals surface area contributed by atoms with Gasteiger partial charge in [-0.2, -0.15) is 0 Å². The van der Waals surface area contributed by atoms with E-state index in [4.69, 9.17) is 0 Å². The second-order valence-electron chi connectivity index (χ2n) is 5.28. The Labute approximate surface area is 120 Å².